The lowest BCUT2D eigenvalue weighted by Gasteiger charge is -2.11. The fourth-order valence-corrected chi connectivity index (χ4v) is 3.05. The normalized spacial score (nSPS) is 10.4. The van der Waals surface area contributed by atoms with Crippen LogP contribution in [0.4, 0.5) is 10.1 Å². The molecule has 0 saturated carbocycles. The lowest BCUT2D eigenvalue weighted by molar-refractivity contribution is 0.102. The number of carbonyl (C=O) groups is 1. The number of ether oxygens (including phenoxy) is 1. The Kier molecular flexibility index (Phi) is 5.85. The summed E-state index contributed by atoms with van der Waals surface area (Å²) in [6, 6.07) is 20.1. The summed E-state index contributed by atoms with van der Waals surface area (Å²) < 4.78 is 21.3. The van der Waals surface area contributed by atoms with E-state index < -0.39 is 5.82 Å². The number of carbonyl (C=O) groups excluding carboxylic acids is 1. The third-order valence-corrected chi connectivity index (χ3v) is 4.69. The van der Waals surface area contributed by atoms with E-state index in [-0.39, 0.29) is 18.2 Å². The first kappa shape index (κ1) is 20.7. The van der Waals surface area contributed by atoms with Crippen LogP contribution < -0.4 is 10.1 Å². The summed E-state index contributed by atoms with van der Waals surface area (Å²) in [6.45, 7) is 1.84. The number of amides is 1. The van der Waals surface area contributed by atoms with Crippen LogP contribution in [0.2, 0.25) is 0 Å². The molecule has 1 heterocycles. The first-order valence-corrected chi connectivity index (χ1v) is 9.62. The van der Waals surface area contributed by atoms with Gasteiger partial charge in [0.1, 0.15) is 23.9 Å². The van der Waals surface area contributed by atoms with Gasteiger partial charge in [-0.05, 0) is 59.8 Å². The minimum atomic E-state index is -0.522. The van der Waals surface area contributed by atoms with Gasteiger partial charge in [-0.25, -0.2) is 4.39 Å². The second kappa shape index (κ2) is 9.06. The highest BCUT2D eigenvalue weighted by Crippen LogP contribution is 2.21. The Morgan fingerprint density at radius 1 is 1.16 bits per heavy atom. The summed E-state index contributed by atoms with van der Waals surface area (Å²) in [5.74, 6) is -0.0185. The van der Waals surface area contributed by atoms with Crippen molar-refractivity contribution in [3.05, 3.63) is 95.1 Å². The molecule has 0 aliphatic carbocycles. The molecule has 32 heavy (non-hydrogen) atoms. The van der Waals surface area contributed by atoms with E-state index in [1.54, 1.807) is 43.3 Å². The van der Waals surface area contributed by atoms with Crippen molar-refractivity contribution < 1.29 is 13.9 Å². The van der Waals surface area contributed by atoms with Gasteiger partial charge in [-0.1, -0.05) is 24.3 Å². The molecule has 0 aliphatic rings. The second-order valence-electron chi connectivity index (χ2n) is 6.84. The number of anilines is 1. The van der Waals surface area contributed by atoms with Crippen molar-refractivity contribution in [2.45, 2.75) is 13.5 Å². The van der Waals surface area contributed by atoms with Crippen molar-refractivity contribution >= 4 is 11.6 Å². The van der Waals surface area contributed by atoms with E-state index in [2.05, 4.69) is 26.9 Å². The smallest absolute Gasteiger partial charge is 0.255 e. The zero-order valence-electron chi connectivity index (χ0n) is 17.0. The lowest BCUT2D eigenvalue weighted by Crippen LogP contribution is -2.13. The van der Waals surface area contributed by atoms with E-state index in [4.69, 9.17) is 4.74 Å². The molecule has 0 unspecified atom stereocenters. The third-order valence-electron chi connectivity index (χ3n) is 4.69. The zero-order chi connectivity index (χ0) is 22.5. The lowest BCUT2D eigenvalue weighted by atomic mass is 10.1. The van der Waals surface area contributed by atoms with Crippen molar-refractivity contribution in [1.29, 1.82) is 5.26 Å². The first-order chi connectivity index (χ1) is 15.5. The molecule has 0 saturated heterocycles. The van der Waals surface area contributed by atoms with Crippen LogP contribution in [0.1, 0.15) is 27.3 Å². The van der Waals surface area contributed by atoms with E-state index in [0.717, 1.165) is 5.56 Å². The van der Waals surface area contributed by atoms with Gasteiger partial charge < -0.3 is 10.1 Å². The van der Waals surface area contributed by atoms with Crippen LogP contribution in [0.25, 0.3) is 5.69 Å². The maximum absolute atomic E-state index is 14.2. The average molecular weight is 428 g/mol. The minimum Gasteiger partial charge on any atom is -0.489 e. The van der Waals surface area contributed by atoms with Crippen molar-refractivity contribution in [2.24, 2.45) is 0 Å². The average Bonchev–Trinajstić information content (AvgIpc) is 3.24. The molecule has 1 aromatic heterocycles. The molecule has 0 spiro atoms. The summed E-state index contributed by atoms with van der Waals surface area (Å²) >= 11 is 0. The van der Waals surface area contributed by atoms with Crippen LogP contribution in [0.5, 0.6) is 5.75 Å². The highest BCUT2D eigenvalue weighted by atomic mass is 19.1. The number of rotatable bonds is 6. The van der Waals surface area contributed by atoms with Crippen LogP contribution >= 0.6 is 0 Å². The van der Waals surface area contributed by atoms with Crippen molar-refractivity contribution in [2.75, 3.05) is 5.32 Å². The Labute approximate surface area is 182 Å². The molecule has 1 amide bonds. The molecular formula is C23H17FN6O2. The number of halogens is 1. The molecule has 4 aromatic rings. The van der Waals surface area contributed by atoms with E-state index in [1.807, 2.05) is 12.1 Å². The molecule has 158 valence electrons. The topological polar surface area (TPSA) is 106 Å². The van der Waals surface area contributed by atoms with Crippen LogP contribution in [-0.2, 0) is 6.61 Å². The number of nitrogens with one attached hydrogen (secondary N) is 1. The Balaban J connectivity index is 1.49. The van der Waals surface area contributed by atoms with Crippen molar-refractivity contribution in [1.82, 2.24) is 20.2 Å². The molecule has 1 N–H and O–H groups in total. The molecule has 9 heteroatoms. The van der Waals surface area contributed by atoms with Gasteiger partial charge in [0.2, 0.25) is 0 Å². The predicted molar refractivity (Wildman–Crippen MR) is 114 cm³/mol. The van der Waals surface area contributed by atoms with Crippen molar-refractivity contribution in [3.8, 4) is 17.5 Å². The predicted octanol–water partition coefficient (Wildman–Crippen LogP) is 3.81. The van der Waals surface area contributed by atoms with Gasteiger partial charge in [0.15, 0.2) is 5.82 Å². The van der Waals surface area contributed by atoms with E-state index in [1.165, 1.54) is 22.9 Å². The number of benzene rings is 3. The van der Waals surface area contributed by atoms with Gasteiger partial charge >= 0.3 is 0 Å². The molecule has 0 radical (unpaired) electrons. The highest BCUT2D eigenvalue weighted by Gasteiger charge is 2.13. The number of nitriles is 1. The summed E-state index contributed by atoms with van der Waals surface area (Å²) in [6.07, 6.45) is 0. The molecule has 4 rings (SSSR count). The van der Waals surface area contributed by atoms with Gasteiger partial charge in [0, 0.05) is 16.8 Å². The van der Waals surface area contributed by atoms with Gasteiger partial charge in [0.05, 0.1) is 11.6 Å². The molecule has 0 aliphatic heterocycles. The molecule has 8 nitrogen and oxygen atoms in total. The minimum absolute atomic E-state index is 0.124. The van der Waals surface area contributed by atoms with E-state index in [0.29, 0.717) is 28.4 Å². The monoisotopic (exact) mass is 428 g/mol. The van der Waals surface area contributed by atoms with Gasteiger partial charge in [-0.2, -0.15) is 9.94 Å². The third kappa shape index (κ3) is 4.44. The molecule has 0 bridgehead atoms. The van der Waals surface area contributed by atoms with Gasteiger partial charge in [0.25, 0.3) is 5.91 Å². The second-order valence-corrected chi connectivity index (χ2v) is 6.84. The number of aromatic nitrogens is 4. The van der Waals surface area contributed by atoms with E-state index in [9.17, 15) is 14.4 Å². The Hall–Kier alpha value is -4.58. The Morgan fingerprint density at radius 2 is 2.00 bits per heavy atom. The molecular weight excluding hydrogens is 411 g/mol. The number of hydrogen-bond donors (Lipinski definition) is 1. The maximum Gasteiger partial charge on any atom is 0.255 e. The standard InChI is InChI=1S/C23H17FN6O2/c1-15-27-28-29-30(15)22-12-19(9-10-21(22)24)26-23(31)16-7-4-8-20(11-16)32-14-18-6-3-2-5-17(18)13-25/h2-12H,14H2,1H3,(H,26,31). The van der Waals surface area contributed by atoms with Crippen molar-refractivity contribution in [3.63, 3.8) is 0 Å². The van der Waals surface area contributed by atoms with Gasteiger partial charge in [-0.15, -0.1) is 5.10 Å². The number of nitrogens with zero attached hydrogens (tertiary/aromatic N) is 5. The Bertz CT molecular complexity index is 1330. The maximum atomic E-state index is 14.2. The SMILES string of the molecule is Cc1nnnn1-c1cc(NC(=O)c2cccc(OCc3ccccc3C#N)c2)ccc1F. The largest absolute Gasteiger partial charge is 0.489 e. The van der Waals surface area contributed by atoms with Crippen LogP contribution in [-0.4, -0.2) is 26.1 Å². The van der Waals surface area contributed by atoms with Crippen LogP contribution in [0, 0.1) is 24.1 Å². The first-order valence-electron chi connectivity index (χ1n) is 9.62. The summed E-state index contributed by atoms with van der Waals surface area (Å²) in [4.78, 5) is 12.7. The number of aryl methyl sites for hydroxylation is 1. The van der Waals surface area contributed by atoms with Gasteiger partial charge in [-0.3, -0.25) is 4.79 Å². The highest BCUT2D eigenvalue weighted by molar-refractivity contribution is 6.04. The molecule has 3 aromatic carbocycles. The molecule has 0 fully saturated rings. The number of tetrazole rings is 1. The quantitative estimate of drug-likeness (QED) is 0.501. The van der Waals surface area contributed by atoms with Crippen LogP contribution in [0.3, 0.4) is 0 Å². The summed E-state index contributed by atoms with van der Waals surface area (Å²) in [5, 5.41) is 23.0. The Morgan fingerprint density at radius 3 is 2.78 bits per heavy atom. The fraction of sp³-hybridized carbons (Fsp3) is 0.0870. The fourth-order valence-electron chi connectivity index (χ4n) is 3.05. The zero-order valence-corrected chi connectivity index (χ0v) is 17.0. The summed E-state index contributed by atoms with van der Waals surface area (Å²) in [7, 11) is 0. The van der Waals surface area contributed by atoms with E-state index >= 15 is 0 Å². The summed E-state index contributed by atoms with van der Waals surface area (Å²) in [5.41, 5.74) is 2.16. The molecule has 0 atom stereocenters. The van der Waals surface area contributed by atoms with Crippen LogP contribution in [0.15, 0.2) is 66.7 Å². The number of hydrogen-bond acceptors (Lipinski definition) is 6.